The van der Waals surface area contributed by atoms with Crippen LogP contribution in [0.4, 0.5) is 13.2 Å². The van der Waals surface area contributed by atoms with Gasteiger partial charge in [0.05, 0.1) is 12.7 Å². The fourth-order valence-electron chi connectivity index (χ4n) is 1.63. The molecule has 0 aliphatic carbocycles. The molecule has 1 aromatic carbocycles. The van der Waals surface area contributed by atoms with Crippen molar-refractivity contribution in [1.29, 1.82) is 0 Å². The normalized spacial score (nSPS) is 11.4. The number of rotatable bonds is 4. The number of amides is 1. The van der Waals surface area contributed by atoms with E-state index in [4.69, 9.17) is 5.73 Å². The summed E-state index contributed by atoms with van der Waals surface area (Å²) in [5.41, 5.74) is 5.19. The molecular weight excluding hydrogens is 289 g/mol. The third-order valence-electron chi connectivity index (χ3n) is 2.58. The Morgan fingerprint density at radius 1 is 1.29 bits per heavy atom. The minimum absolute atomic E-state index is 0.0548. The van der Waals surface area contributed by atoms with Crippen molar-refractivity contribution in [3.63, 3.8) is 0 Å². The third kappa shape index (κ3) is 3.44. The molecule has 0 radical (unpaired) electrons. The number of hydrogen-bond donors (Lipinski definition) is 1. The predicted molar refractivity (Wildman–Crippen MR) is 64.5 cm³/mol. The van der Waals surface area contributed by atoms with E-state index >= 15 is 0 Å². The number of ketones is 1. The Bertz CT molecular complexity index is 694. The number of Topliss-reactive ketones (excluding diaryl/α,β-unsaturated/α-hetero) is 1. The van der Waals surface area contributed by atoms with Gasteiger partial charge in [-0.2, -0.15) is 13.2 Å². The van der Waals surface area contributed by atoms with E-state index in [-0.39, 0.29) is 12.1 Å². The van der Waals surface area contributed by atoms with Crippen molar-refractivity contribution in [2.45, 2.75) is 12.7 Å². The van der Waals surface area contributed by atoms with E-state index in [1.165, 1.54) is 12.1 Å². The van der Waals surface area contributed by atoms with Crippen LogP contribution in [0, 0.1) is 0 Å². The van der Waals surface area contributed by atoms with Gasteiger partial charge in [-0.15, -0.1) is 5.10 Å². The molecule has 6 nitrogen and oxygen atoms in total. The lowest BCUT2D eigenvalue weighted by atomic mass is 10.1. The van der Waals surface area contributed by atoms with Gasteiger partial charge in [-0.3, -0.25) is 9.59 Å². The van der Waals surface area contributed by atoms with Gasteiger partial charge in [0.2, 0.25) is 5.91 Å². The van der Waals surface area contributed by atoms with Crippen molar-refractivity contribution in [2.75, 3.05) is 0 Å². The number of alkyl halides is 3. The van der Waals surface area contributed by atoms with E-state index in [0.717, 1.165) is 10.9 Å². The number of hydrogen-bond acceptors (Lipinski definition) is 4. The highest BCUT2D eigenvalue weighted by Gasteiger charge is 2.41. The van der Waals surface area contributed by atoms with Crippen molar-refractivity contribution in [1.82, 2.24) is 15.0 Å². The maximum absolute atomic E-state index is 12.2. The van der Waals surface area contributed by atoms with Gasteiger partial charge in [-0.1, -0.05) is 17.3 Å². The fourth-order valence-corrected chi connectivity index (χ4v) is 1.63. The summed E-state index contributed by atoms with van der Waals surface area (Å²) in [4.78, 5) is 22.0. The monoisotopic (exact) mass is 298 g/mol. The lowest BCUT2D eigenvalue weighted by Crippen LogP contribution is -2.23. The van der Waals surface area contributed by atoms with E-state index in [2.05, 4.69) is 10.3 Å². The van der Waals surface area contributed by atoms with E-state index < -0.39 is 23.6 Å². The van der Waals surface area contributed by atoms with Gasteiger partial charge in [0.25, 0.3) is 5.78 Å². The average molecular weight is 298 g/mol. The first kappa shape index (κ1) is 14.7. The molecule has 1 aromatic heterocycles. The molecule has 0 fully saturated rings. The summed E-state index contributed by atoms with van der Waals surface area (Å²) in [5, 5.41) is 6.64. The van der Waals surface area contributed by atoms with Crippen LogP contribution in [0.5, 0.6) is 0 Å². The van der Waals surface area contributed by atoms with Crippen LogP contribution in [-0.2, 0) is 6.54 Å². The molecule has 2 N–H and O–H groups in total. The first-order valence-electron chi connectivity index (χ1n) is 5.68. The number of primary amides is 1. The number of carbonyl (C=O) groups is 2. The van der Waals surface area contributed by atoms with E-state index in [1.54, 1.807) is 12.1 Å². The van der Waals surface area contributed by atoms with E-state index in [1.807, 2.05) is 0 Å². The van der Waals surface area contributed by atoms with Crippen LogP contribution in [-0.4, -0.2) is 32.9 Å². The maximum Gasteiger partial charge on any atom is 0.456 e. The molecule has 0 saturated heterocycles. The van der Waals surface area contributed by atoms with Crippen LogP contribution in [0.2, 0.25) is 0 Å². The van der Waals surface area contributed by atoms with Crippen LogP contribution in [0.25, 0.3) is 0 Å². The molecule has 0 bridgehead atoms. The van der Waals surface area contributed by atoms with Crippen molar-refractivity contribution in [3.05, 3.63) is 47.3 Å². The molecule has 9 heteroatoms. The number of carbonyl (C=O) groups excluding carboxylic acids is 2. The van der Waals surface area contributed by atoms with Crippen LogP contribution in [0.15, 0.2) is 30.5 Å². The van der Waals surface area contributed by atoms with Gasteiger partial charge >= 0.3 is 6.18 Å². The molecule has 0 spiro atoms. The molecule has 0 atom stereocenters. The summed E-state index contributed by atoms with van der Waals surface area (Å²) in [7, 11) is 0. The average Bonchev–Trinajstić information content (AvgIpc) is 2.85. The number of aromatic nitrogens is 3. The quantitative estimate of drug-likeness (QED) is 0.858. The smallest absolute Gasteiger partial charge is 0.366 e. The Balaban J connectivity index is 2.18. The molecule has 0 aliphatic heterocycles. The topological polar surface area (TPSA) is 90.9 Å². The van der Waals surface area contributed by atoms with Gasteiger partial charge in [-0.25, -0.2) is 4.68 Å². The first-order chi connectivity index (χ1) is 9.77. The lowest BCUT2D eigenvalue weighted by molar-refractivity contribution is -0.0888. The van der Waals surface area contributed by atoms with Crippen molar-refractivity contribution in [2.24, 2.45) is 5.73 Å². The fraction of sp³-hybridized carbons (Fsp3) is 0.167. The molecule has 0 saturated carbocycles. The molecule has 1 heterocycles. The lowest BCUT2D eigenvalue weighted by Gasteiger charge is -2.03. The summed E-state index contributed by atoms with van der Waals surface area (Å²) in [5.74, 6) is -2.68. The zero-order valence-electron chi connectivity index (χ0n) is 10.5. The first-order valence-corrected chi connectivity index (χ1v) is 5.68. The van der Waals surface area contributed by atoms with Crippen LogP contribution < -0.4 is 5.73 Å². The molecule has 2 rings (SSSR count). The molecule has 0 unspecified atom stereocenters. The summed E-state index contributed by atoms with van der Waals surface area (Å²) in [6, 6.07) is 6.20. The SMILES string of the molecule is NC(=O)c1cccc(Cn2cc(C(=O)C(F)(F)F)nn2)c1. The van der Waals surface area contributed by atoms with Crippen LogP contribution in [0.1, 0.15) is 26.4 Å². The van der Waals surface area contributed by atoms with Gasteiger partial charge < -0.3 is 5.73 Å². The highest BCUT2D eigenvalue weighted by Crippen LogP contribution is 2.20. The predicted octanol–water partition coefficient (Wildman–Crippen LogP) is 1.17. The van der Waals surface area contributed by atoms with Crippen LogP contribution >= 0.6 is 0 Å². The summed E-state index contributed by atoms with van der Waals surface area (Å²) < 4.78 is 37.8. The number of halogens is 3. The minimum atomic E-state index is -4.99. The second-order valence-electron chi connectivity index (χ2n) is 4.19. The van der Waals surface area contributed by atoms with Gasteiger partial charge in [-0.05, 0) is 17.7 Å². The highest BCUT2D eigenvalue weighted by atomic mass is 19.4. The Hall–Kier alpha value is -2.71. The van der Waals surface area contributed by atoms with Gasteiger partial charge in [0.15, 0.2) is 5.69 Å². The van der Waals surface area contributed by atoms with Crippen LogP contribution in [0.3, 0.4) is 0 Å². The third-order valence-corrected chi connectivity index (χ3v) is 2.58. The second kappa shape index (κ2) is 5.35. The molecular formula is C12H9F3N4O2. The maximum atomic E-state index is 12.2. The van der Waals surface area contributed by atoms with Gasteiger partial charge in [0.1, 0.15) is 0 Å². The molecule has 110 valence electrons. The second-order valence-corrected chi connectivity index (χ2v) is 4.19. The minimum Gasteiger partial charge on any atom is -0.366 e. The summed E-state index contributed by atoms with van der Waals surface area (Å²) in [6.07, 6.45) is -4.10. The molecule has 1 amide bonds. The highest BCUT2D eigenvalue weighted by molar-refractivity contribution is 5.98. The Kier molecular flexibility index (Phi) is 3.74. The molecule has 0 aliphatic rings. The zero-order valence-corrected chi connectivity index (χ0v) is 10.5. The Morgan fingerprint density at radius 3 is 2.62 bits per heavy atom. The van der Waals surface area contributed by atoms with Gasteiger partial charge in [0, 0.05) is 5.56 Å². The summed E-state index contributed by atoms with van der Waals surface area (Å²) in [6.45, 7) is 0.0548. The Morgan fingerprint density at radius 2 is 2.00 bits per heavy atom. The standard InChI is InChI=1S/C12H9F3N4O2/c13-12(14,15)10(20)9-6-19(18-17-9)5-7-2-1-3-8(4-7)11(16)21/h1-4,6H,5H2,(H2,16,21). The van der Waals surface area contributed by atoms with E-state index in [9.17, 15) is 22.8 Å². The van der Waals surface area contributed by atoms with Crippen molar-refractivity contribution >= 4 is 11.7 Å². The van der Waals surface area contributed by atoms with E-state index in [0.29, 0.717) is 5.56 Å². The summed E-state index contributed by atoms with van der Waals surface area (Å²) >= 11 is 0. The van der Waals surface area contributed by atoms with Crippen molar-refractivity contribution < 1.29 is 22.8 Å². The number of nitrogens with zero attached hydrogens (tertiary/aromatic N) is 3. The molecule has 21 heavy (non-hydrogen) atoms. The Labute approximate surface area is 116 Å². The molecule has 2 aromatic rings. The largest absolute Gasteiger partial charge is 0.456 e. The number of benzene rings is 1. The van der Waals surface area contributed by atoms with Crippen molar-refractivity contribution in [3.8, 4) is 0 Å². The zero-order chi connectivity index (χ0) is 15.6. The number of nitrogens with two attached hydrogens (primary N) is 1.